The summed E-state index contributed by atoms with van der Waals surface area (Å²) in [6.45, 7) is 0. The van der Waals surface area contributed by atoms with E-state index in [4.69, 9.17) is 0 Å². The Morgan fingerprint density at radius 3 is 1.60 bits per heavy atom. The Balaban J connectivity index is 1.80. The Morgan fingerprint density at radius 1 is 0.640 bits per heavy atom. The number of hydrogen-bond acceptors (Lipinski definition) is 0. The van der Waals surface area contributed by atoms with Crippen LogP contribution in [0.15, 0.2) is 78.5 Å². The lowest BCUT2D eigenvalue weighted by Gasteiger charge is -2.05. The van der Waals surface area contributed by atoms with Gasteiger partial charge in [-0.05, 0) is 46.0 Å². The molecule has 4 rings (SSSR count). The Bertz CT molecular complexity index is 954. The summed E-state index contributed by atoms with van der Waals surface area (Å²) in [6.07, 6.45) is -2.58. The molecule has 0 aliphatic heterocycles. The predicted octanol–water partition coefficient (Wildman–Crippen LogP) is 6.43. The molecule has 0 fully saturated rings. The Hall–Kier alpha value is -3.03. The molecule has 122 valence electrons. The van der Waals surface area contributed by atoms with E-state index in [9.17, 15) is 13.2 Å². The molecule has 0 atom stereocenters. The van der Waals surface area contributed by atoms with Gasteiger partial charge in [-0.2, -0.15) is 13.2 Å². The second-order valence-electron chi connectivity index (χ2n) is 5.87. The molecule has 1 aliphatic carbocycles. The van der Waals surface area contributed by atoms with Crippen LogP contribution in [0.3, 0.4) is 0 Å². The molecule has 3 aromatic carbocycles. The number of alkyl halides is 3. The topological polar surface area (TPSA) is 0 Å². The molecule has 0 bridgehead atoms. The van der Waals surface area contributed by atoms with Crippen molar-refractivity contribution < 1.29 is 13.2 Å². The van der Waals surface area contributed by atoms with E-state index in [0.717, 1.165) is 40.0 Å². The molecule has 0 N–H and O–H groups in total. The molecular formula is C22H13F3. The van der Waals surface area contributed by atoms with Crippen molar-refractivity contribution in [2.24, 2.45) is 0 Å². The minimum absolute atomic E-state index is 0.645. The van der Waals surface area contributed by atoms with E-state index in [1.165, 1.54) is 12.1 Å². The molecule has 0 aromatic heterocycles. The molecule has 0 amide bonds. The maximum atomic E-state index is 12.7. The van der Waals surface area contributed by atoms with Crippen LogP contribution >= 0.6 is 0 Å². The third-order valence-corrected chi connectivity index (χ3v) is 4.30. The van der Waals surface area contributed by atoms with Crippen molar-refractivity contribution in [3.63, 3.8) is 0 Å². The van der Waals surface area contributed by atoms with Crippen LogP contribution in [-0.2, 0) is 6.18 Å². The van der Waals surface area contributed by atoms with E-state index in [1.807, 2.05) is 36.4 Å². The van der Waals surface area contributed by atoms with Gasteiger partial charge in [-0.25, -0.2) is 0 Å². The average Bonchev–Trinajstić information content (AvgIpc) is 2.94. The molecule has 3 aromatic rings. The van der Waals surface area contributed by atoms with Gasteiger partial charge >= 0.3 is 6.18 Å². The van der Waals surface area contributed by atoms with Gasteiger partial charge in [-0.1, -0.05) is 60.7 Å². The third-order valence-electron chi connectivity index (χ3n) is 4.30. The number of halogens is 3. The highest BCUT2D eigenvalue weighted by atomic mass is 19.4. The first kappa shape index (κ1) is 15.5. The molecule has 0 radical (unpaired) electrons. The van der Waals surface area contributed by atoms with E-state index >= 15 is 0 Å². The lowest BCUT2D eigenvalue weighted by atomic mass is 10.0. The first-order valence-electron chi connectivity index (χ1n) is 7.87. The zero-order valence-corrected chi connectivity index (χ0v) is 13.1. The zero-order valence-electron chi connectivity index (χ0n) is 13.1. The van der Waals surface area contributed by atoms with Crippen LogP contribution in [-0.4, -0.2) is 0 Å². The molecule has 0 heterocycles. The summed E-state index contributed by atoms with van der Waals surface area (Å²) in [6, 6.07) is 21.3. The fourth-order valence-electron chi connectivity index (χ4n) is 3.10. The minimum Gasteiger partial charge on any atom is -0.166 e. The van der Waals surface area contributed by atoms with Gasteiger partial charge in [-0.15, -0.1) is 5.73 Å². The van der Waals surface area contributed by atoms with Crippen LogP contribution in [0.2, 0.25) is 0 Å². The standard InChI is InChI=1S/C22H13F3/c23-22(24,25)16-12-9-15(10-13-16)11-14-21-19-7-3-1-5-17(19)18-6-2-4-8-20(18)21/h1-13H. The van der Waals surface area contributed by atoms with Gasteiger partial charge in [0.1, 0.15) is 0 Å². The summed E-state index contributed by atoms with van der Waals surface area (Å²) in [4.78, 5) is 0. The van der Waals surface area contributed by atoms with E-state index in [1.54, 1.807) is 6.08 Å². The Kier molecular flexibility index (Phi) is 3.60. The van der Waals surface area contributed by atoms with Crippen LogP contribution in [0.4, 0.5) is 13.2 Å². The van der Waals surface area contributed by atoms with Gasteiger partial charge in [-0.3, -0.25) is 0 Å². The molecule has 3 heteroatoms. The summed E-state index contributed by atoms with van der Waals surface area (Å²) in [5, 5.41) is 0. The predicted molar refractivity (Wildman–Crippen MR) is 93.8 cm³/mol. The Labute approximate surface area is 143 Å². The molecule has 0 spiro atoms. The maximum Gasteiger partial charge on any atom is 0.416 e. The Morgan fingerprint density at radius 2 is 1.12 bits per heavy atom. The zero-order chi connectivity index (χ0) is 17.4. The van der Waals surface area contributed by atoms with Crippen LogP contribution in [0.25, 0.3) is 22.8 Å². The van der Waals surface area contributed by atoms with Gasteiger partial charge in [0, 0.05) is 5.57 Å². The van der Waals surface area contributed by atoms with Gasteiger partial charge < -0.3 is 0 Å². The van der Waals surface area contributed by atoms with Gasteiger partial charge in [0.15, 0.2) is 0 Å². The van der Waals surface area contributed by atoms with Crippen molar-refractivity contribution >= 4 is 11.6 Å². The number of benzene rings is 3. The van der Waals surface area contributed by atoms with Crippen molar-refractivity contribution in [1.29, 1.82) is 0 Å². The second-order valence-corrected chi connectivity index (χ2v) is 5.87. The highest BCUT2D eigenvalue weighted by Gasteiger charge is 2.29. The third kappa shape index (κ3) is 2.79. The van der Waals surface area contributed by atoms with Crippen molar-refractivity contribution in [2.45, 2.75) is 6.18 Å². The molecule has 0 saturated heterocycles. The fourth-order valence-corrected chi connectivity index (χ4v) is 3.10. The summed E-state index contributed by atoms with van der Waals surface area (Å²) in [5.74, 6) is 0. The average molecular weight is 334 g/mol. The molecule has 0 unspecified atom stereocenters. The lowest BCUT2D eigenvalue weighted by Crippen LogP contribution is -2.03. The maximum absolute atomic E-state index is 12.7. The van der Waals surface area contributed by atoms with E-state index < -0.39 is 11.7 Å². The summed E-state index contributed by atoms with van der Waals surface area (Å²) in [5.41, 5.74) is 8.77. The SMILES string of the molecule is FC(F)(F)c1ccc(C=C=C2c3ccccc3-c3ccccc32)cc1. The lowest BCUT2D eigenvalue weighted by molar-refractivity contribution is -0.137. The van der Waals surface area contributed by atoms with E-state index in [-0.39, 0.29) is 0 Å². The largest absolute Gasteiger partial charge is 0.416 e. The summed E-state index contributed by atoms with van der Waals surface area (Å²) < 4.78 is 38.0. The molecule has 0 saturated carbocycles. The molecule has 0 nitrogen and oxygen atoms in total. The van der Waals surface area contributed by atoms with Crippen LogP contribution in [0.5, 0.6) is 0 Å². The number of rotatable bonds is 1. The van der Waals surface area contributed by atoms with Crippen molar-refractivity contribution in [2.75, 3.05) is 0 Å². The first-order valence-corrected chi connectivity index (χ1v) is 7.87. The fraction of sp³-hybridized carbons (Fsp3) is 0.0455. The van der Waals surface area contributed by atoms with Crippen LogP contribution in [0, 0.1) is 0 Å². The van der Waals surface area contributed by atoms with Crippen molar-refractivity contribution in [3.05, 3.63) is 101 Å². The number of hydrogen-bond donors (Lipinski definition) is 0. The summed E-state index contributed by atoms with van der Waals surface area (Å²) in [7, 11) is 0. The second kappa shape index (κ2) is 5.80. The summed E-state index contributed by atoms with van der Waals surface area (Å²) >= 11 is 0. The van der Waals surface area contributed by atoms with Gasteiger partial charge in [0.2, 0.25) is 0 Å². The molecular weight excluding hydrogens is 321 g/mol. The van der Waals surface area contributed by atoms with Crippen molar-refractivity contribution in [3.8, 4) is 11.1 Å². The van der Waals surface area contributed by atoms with Gasteiger partial charge in [0.25, 0.3) is 0 Å². The molecule has 25 heavy (non-hydrogen) atoms. The minimum atomic E-state index is -4.32. The molecule has 1 aliphatic rings. The first-order chi connectivity index (χ1) is 12.0. The smallest absolute Gasteiger partial charge is 0.166 e. The van der Waals surface area contributed by atoms with Crippen LogP contribution in [0.1, 0.15) is 22.3 Å². The van der Waals surface area contributed by atoms with E-state index in [0.29, 0.717) is 5.56 Å². The van der Waals surface area contributed by atoms with Crippen LogP contribution < -0.4 is 0 Å². The quantitative estimate of drug-likeness (QED) is 0.352. The highest BCUT2D eigenvalue weighted by Crippen LogP contribution is 2.43. The van der Waals surface area contributed by atoms with E-state index in [2.05, 4.69) is 17.9 Å². The highest BCUT2D eigenvalue weighted by molar-refractivity contribution is 6.01. The monoisotopic (exact) mass is 334 g/mol. The normalized spacial score (nSPS) is 12.4. The van der Waals surface area contributed by atoms with Gasteiger partial charge in [0.05, 0.1) is 5.56 Å². The van der Waals surface area contributed by atoms with Crippen molar-refractivity contribution in [1.82, 2.24) is 0 Å². The number of fused-ring (bicyclic) bond motifs is 3.